The van der Waals surface area contributed by atoms with E-state index in [-0.39, 0.29) is 17.8 Å². The predicted octanol–water partition coefficient (Wildman–Crippen LogP) is 4.92. The minimum absolute atomic E-state index is 0.186. The molecule has 1 fully saturated rings. The van der Waals surface area contributed by atoms with E-state index in [0.29, 0.717) is 5.82 Å². The average Bonchev–Trinajstić information content (AvgIpc) is 3.16. The first-order valence-corrected chi connectivity index (χ1v) is 10.4. The standard InChI is InChI=1S/C24H28N4O/c1-16-10-13-19(14-11-16)23-26-22(24(29)25-20-7-5-4-6-8-20)27-28(23)21-15-17(2)9-12-18(21)3/h9-15,20H,4-8H2,1-3H3,(H,25,29). The zero-order valence-electron chi connectivity index (χ0n) is 17.4. The first kappa shape index (κ1) is 19.4. The van der Waals surface area contributed by atoms with Crippen molar-refractivity contribution in [2.75, 3.05) is 0 Å². The van der Waals surface area contributed by atoms with Gasteiger partial charge in [0.15, 0.2) is 5.82 Å². The van der Waals surface area contributed by atoms with Crippen LogP contribution in [0.3, 0.4) is 0 Å². The quantitative estimate of drug-likeness (QED) is 0.690. The molecule has 0 spiro atoms. The van der Waals surface area contributed by atoms with Crippen molar-refractivity contribution in [2.24, 2.45) is 0 Å². The maximum atomic E-state index is 12.9. The molecule has 3 aromatic rings. The van der Waals surface area contributed by atoms with Gasteiger partial charge in [-0.05, 0) is 50.8 Å². The summed E-state index contributed by atoms with van der Waals surface area (Å²) in [6.45, 7) is 6.17. The number of carbonyl (C=O) groups excluding carboxylic acids is 1. The van der Waals surface area contributed by atoms with Gasteiger partial charge in [-0.2, -0.15) is 0 Å². The van der Waals surface area contributed by atoms with Crippen LogP contribution in [-0.4, -0.2) is 26.7 Å². The van der Waals surface area contributed by atoms with E-state index in [1.54, 1.807) is 0 Å². The predicted molar refractivity (Wildman–Crippen MR) is 115 cm³/mol. The van der Waals surface area contributed by atoms with Crippen LogP contribution in [0, 0.1) is 20.8 Å². The maximum Gasteiger partial charge on any atom is 0.291 e. The smallest absolute Gasteiger partial charge is 0.291 e. The van der Waals surface area contributed by atoms with Crippen LogP contribution in [0.4, 0.5) is 0 Å². The molecular weight excluding hydrogens is 360 g/mol. The molecule has 0 atom stereocenters. The van der Waals surface area contributed by atoms with E-state index >= 15 is 0 Å². The van der Waals surface area contributed by atoms with E-state index in [1.807, 2.05) is 16.8 Å². The van der Waals surface area contributed by atoms with E-state index in [0.717, 1.165) is 35.2 Å². The first-order valence-electron chi connectivity index (χ1n) is 10.4. The number of nitrogens with one attached hydrogen (secondary N) is 1. The zero-order chi connectivity index (χ0) is 20.4. The lowest BCUT2D eigenvalue weighted by Gasteiger charge is -2.21. The van der Waals surface area contributed by atoms with Gasteiger partial charge in [0.25, 0.3) is 5.91 Å². The summed E-state index contributed by atoms with van der Waals surface area (Å²) in [5.74, 6) is 0.730. The Bertz CT molecular complexity index is 1010. The number of amides is 1. The summed E-state index contributed by atoms with van der Waals surface area (Å²) in [7, 11) is 0. The van der Waals surface area contributed by atoms with E-state index in [1.165, 1.54) is 24.8 Å². The number of hydrogen-bond donors (Lipinski definition) is 1. The lowest BCUT2D eigenvalue weighted by Crippen LogP contribution is -2.36. The third-order valence-electron chi connectivity index (χ3n) is 5.65. The molecule has 1 saturated carbocycles. The molecule has 1 aromatic heterocycles. The second-order valence-electron chi connectivity index (χ2n) is 8.14. The second-order valence-corrected chi connectivity index (χ2v) is 8.14. The van der Waals surface area contributed by atoms with Gasteiger partial charge in [-0.3, -0.25) is 4.79 Å². The van der Waals surface area contributed by atoms with Crippen LogP contribution in [0.25, 0.3) is 17.1 Å². The van der Waals surface area contributed by atoms with Gasteiger partial charge in [-0.15, -0.1) is 5.10 Å². The number of aryl methyl sites for hydroxylation is 3. The van der Waals surface area contributed by atoms with Crippen LogP contribution in [0.5, 0.6) is 0 Å². The lowest BCUT2D eigenvalue weighted by atomic mass is 9.95. The van der Waals surface area contributed by atoms with Gasteiger partial charge >= 0.3 is 0 Å². The van der Waals surface area contributed by atoms with Gasteiger partial charge < -0.3 is 5.32 Å². The number of aromatic nitrogens is 3. The molecule has 0 saturated heterocycles. The summed E-state index contributed by atoms with van der Waals surface area (Å²) in [6.07, 6.45) is 5.67. The average molecular weight is 389 g/mol. The number of rotatable bonds is 4. The molecule has 5 nitrogen and oxygen atoms in total. The summed E-state index contributed by atoms with van der Waals surface area (Å²) in [5.41, 5.74) is 5.31. The van der Waals surface area contributed by atoms with Crippen molar-refractivity contribution in [3.05, 3.63) is 65.0 Å². The van der Waals surface area contributed by atoms with Crippen molar-refractivity contribution in [3.8, 4) is 17.1 Å². The summed E-state index contributed by atoms with van der Waals surface area (Å²) in [5, 5.41) is 7.78. The van der Waals surface area contributed by atoms with Gasteiger partial charge in [0.1, 0.15) is 0 Å². The van der Waals surface area contributed by atoms with Crippen LogP contribution in [0.15, 0.2) is 42.5 Å². The summed E-state index contributed by atoms with van der Waals surface area (Å²) in [4.78, 5) is 17.6. The molecule has 0 radical (unpaired) electrons. The van der Waals surface area contributed by atoms with Crippen molar-refractivity contribution in [3.63, 3.8) is 0 Å². The SMILES string of the molecule is Cc1ccc(-c2nc(C(=O)NC3CCCCC3)nn2-c2cc(C)ccc2C)cc1. The Kier molecular flexibility index (Phi) is 5.47. The topological polar surface area (TPSA) is 59.8 Å². The van der Waals surface area contributed by atoms with Crippen molar-refractivity contribution in [2.45, 2.75) is 58.9 Å². The van der Waals surface area contributed by atoms with Crippen molar-refractivity contribution < 1.29 is 4.79 Å². The summed E-state index contributed by atoms with van der Waals surface area (Å²) in [6, 6.07) is 14.6. The van der Waals surface area contributed by atoms with E-state index in [4.69, 9.17) is 0 Å². The highest BCUT2D eigenvalue weighted by Gasteiger charge is 2.23. The second kappa shape index (κ2) is 8.19. The number of hydrogen-bond acceptors (Lipinski definition) is 3. The van der Waals surface area contributed by atoms with Gasteiger partial charge in [0, 0.05) is 11.6 Å². The largest absolute Gasteiger partial charge is 0.347 e. The number of carbonyl (C=O) groups is 1. The van der Waals surface area contributed by atoms with Gasteiger partial charge in [0.05, 0.1) is 5.69 Å². The fourth-order valence-corrected chi connectivity index (χ4v) is 3.91. The Hall–Kier alpha value is -2.95. The molecule has 1 amide bonds. The molecule has 1 aliphatic carbocycles. The molecule has 150 valence electrons. The van der Waals surface area contributed by atoms with Crippen molar-refractivity contribution in [1.29, 1.82) is 0 Å². The third kappa shape index (κ3) is 4.24. The Morgan fingerprint density at radius 1 is 0.966 bits per heavy atom. The Morgan fingerprint density at radius 3 is 2.38 bits per heavy atom. The first-order chi connectivity index (χ1) is 14.0. The van der Waals surface area contributed by atoms with Crippen LogP contribution in [-0.2, 0) is 0 Å². The minimum atomic E-state index is -0.186. The Labute approximate surface area is 172 Å². The van der Waals surface area contributed by atoms with Crippen molar-refractivity contribution >= 4 is 5.91 Å². The summed E-state index contributed by atoms with van der Waals surface area (Å²) < 4.78 is 1.81. The van der Waals surface area contributed by atoms with Crippen LogP contribution in [0.2, 0.25) is 0 Å². The molecule has 1 aliphatic rings. The highest BCUT2D eigenvalue weighted by atomic mass is 16.2. The molecule has 1 heterocycles. The zero-order valence-corrected chi connectivity index (χ0v) is 17.4. The van der Waals surface area contributed by atoms with Crippen molar-refractivity contribution in [1.82, 2.24) is 20.1 Å². The van der Waals surface area contributed by atoms with E-state index in [9.17, 15) is 4.79 Å². The Balaban J connectivity index is 1.75. The van der Waals surface area contributed by atoms with E-state index in [2.05, 4.69) is 66.5 Å². The molecule has 0 bridgehead atoms. The Morgan fingerprint density at radius 2 is 1.66 bits per heavy atom. The minimum Gasteiger partial charge on any atom is -0.347 e. The summed E-state index contributed by atoms with van der Waals surface area (Å²) >= 11 is 0. The van der Waals surface area contributed by atoms with Crippen LogP contribution >= 0.6 is 0 Å². The highest BCUT2D eigenvalue weighted by molar-refractivity contribution is 5.91. The highest BCUT2D eigenvalue weighted by Crippen LogP contribution is 2.25. The molecule has 1 N–H and O–H groups in total. The fraction of sp³-hybridized carbons (Fsp3) is 0.375. The third-order valence-corrected chi connectivity index (χ3v) is 5.65. The fourth-order valence-electron chi connectivity index (χ4n) is 3.91. The molecule has 0 unspecified atom stereocenters. The molecule has 29 heavy (non-hydrogen) atoms. The maximum absolute atomic E-state index is 12.9. The molecule has 2 aromatic carbocycles. The molecule has 5 heteroatoms. The van der Waals surface area contributed by atoms with Crippen LogP contribution < -0.4 is 5.32 Å². The number of nitrogens with zero attached hydrogens (tertiary/aromatic N) is 3. The lowest BCUT2D eigenvalue weighted by molar-refractivity contribution is 0.0917. The monoisotopic (exact) mass is 388 g/mol. The van der Waals surface area contributed by atoms with Gasteiger partial charge in [-0.25, -0.2) is 9.67 Å². The van der Waals surface area contributed by atoms with Gasteiger partial charge in [-0.1, -0.05) is 61.2 Å². The van der Waals surface area contributed by atoms with E-state index < -0.39 is 0 Å². The number of benzene rings is 2. The molecule has 0 aliphatic heterocycles. The molecule has 4 rings (SSSR count). The normalized spacial score (nSPS) is 14.7. The molecular formula is C24H28N4O. The van der Waals surface area contributed by atoms with Crippen LogP contribution in [0.1, 0.15) is 59.4 Å². The van der Waals surface area contributed by atoms with Gasteiger partial charge in [0.2, 0.25) is 5.82 Å².